The predicted molar refractivity (Wildman–Crippen MR) is 76.7 cm³/mol. The number of rotatable bonds is 8. The summed E-state index contributed by atoms with van der Waals surface area (Å²) < 4.78 is 10.7. The topological polar surface area (TPSA) is 76.1 Å². The zero-order valence-electron chi connectivity index (χ0n) is 12.3. The first-order valence-corrected chi connectivity index (χ1v) is 7.07. The maximum atomic E-state index is 11.1. The minimum absolute atomic E-state index is 0.0266. The van der Waals surface area contributed by atoms with Crippen LogP contribution >= 0.6 is 0 Å². The van der Waals surface area contributed by atoms with Gasteiger partial charge in [0.2, 0.25) is 0 Å². The lowest BCUT2D eigenvalue weighted by molar-refractivity contribution is -0.145. The van der Waals surface area contributed by atoms with E-state index in [2.05, 4.69) is 0 Å². The summed E-state index contributed by atoms with van der Waals surface area (Å²) in [6, 6.07) is 7.00. The molecule has 0 aliphatic carbocycles. The fraction of sp³-hybridized carbons (Fsp3) is 0.500. The summed E-state index contributed by atoms with van der Waals surface area (Å²) in [6.07, 6.45) is 1.49. The Kier molecular flexibility index (Phi) is 4.63. The normalized spacial score (nSPS) is 21.6. The van der Waals surface area contributed by atoms with Gasteiger partial charge >= 0.3 is 5.97 Å². The molecule has 0 aromatic heterocycles. The lowest BCUT2D eigenvalue weighted by Gasteiger charge is -2.16. The van der Waals surface area contributed by atoms with Gasteiger partial charge in [0.15, 0.2) is 11.4 Å². The standard InChI is InChI=1S/C16H20O5/c1-11(16(10-21-16)15(18)19)4-3-9-20-14-7-5-13(6-8-14)12(2)17/h5-8,11H,3-4,9-10H2,1-2H3,(H,18,19). The SMILES string of the molecule is CC(=O)c1ccc(OCCCC(C)C2(C(=O)O)CO2)cc1. The fourth-order valence-electron chi connectivity index (χ4n) is 2.30. The minimum atomic E-state index is -0.969. The molecule has 1 saturated heterocycles. The average molecular weight is 292 g/mol. The highest BCUT2D eigenvalue weighted by Gasteiger charge is 2.56. The lowest BCUT2D eigenvalue weighted by atomic mass is 9.90. The number of Topliss-reactive ketones (excluding diaryl/α,β-unsaturated/α-hetero) is 1. The second kappa shape index (κ2) is 6.26. The van der Waals surface area contributed by atoms with Crippen LogP contribution in [0.3, 0.4) is 0 Å². The summed E-state index contributed by atoms with van der Waals surface area (Å²) in [7, 11) is 0. The number of aliphatic carboxylic acids is 1. The van der Waals surface area contributed by atoms with Gasteiger partial charge in [0.05, 0.1) is 13.2 Å². The zero-order chi connectivity index (χ0) is 15.5. The third-order valence-corrected chi connectivity index (χ3v) is 3.92. The third-order valence-electron chi connectivity index (χ3n) is 3.92. The first-order valence-electron chi connectivity index (χ1n) is 7.07. The second-order valence-corrected chi connectivity index (χ2v) is 5.46. The lowest BCUT2D eigenvalue weighted by Crippen LogP contribution is -2.32. The molecule has 21 heavy (non-hydrogen) atoms. The van der Waals surface area contributed by atoms with Crippen molar-refractivity contribution in [2.24, 2.45) is 5.92 Å². The van der Waals surface area contributed by atoms with E-state index in [1.165, 1.54) is 6.92 Å². The molecule has 1 heterocycles. The average Bonchev–Trinajstić information content (AvgIpc) is 3.25. The van der Waals surface area contributed by atoms with E-state index in [0.717, 1.165) is 12.8 Å². The van der Waals surface area contributed by atoms with E-state index in [1.807, 2.05) is 6.92 Å². The van der Waals surface area contributed by atoms with Crippen LogP contribution in [0.25, 0.3) is 0 Å². The van der Waals surface area contributed by atoms with Gasteiger partial charge in [-0.2, -0.15) is 0 Å². The third kappa shape index (κ3) is 3.61. The number of ether oxygens (including phenoxy) is 2. The fourth-order valence-corrected chi connectivity index (χ4v) is 2.30. The predicted octanol–water partition coefficient (Wildman–Crippen LogP) is 2.54. The summed E-state index contributed by atoms with van der Waals surface area (Å²) >= 11 is 0. The number of carbonyl (C=O) groups excluding carboxylic acids is 1. The van der Waals surface area contributed by atoms with Crippen LogP contribution in [0.15, 0.2) is 24.3 Å². The van der Waals surface area contributed by atoms with Crippen molar-refractivity contribution in [1.82, 2.24) is 0 Å². The summed E-state index contributed by atoms with van der Waals surface area (Å²) in [4.78, 5) is 22.2. The van der Waals surface area contributed by atoms with Crippen LogP contribution < -0.4 is 4.74 Å². The zero-order valence-corrected chi connectivity index (χ0v) is 12.3. The van der Waals surface area contributed by atoms with Gasteiger partial charge in [-0.25, -0.2) is 4.79 Å². The molecule has 2 atom stereocenters. The van der Waals surface area contributed by atoms with E-state index in [1.54, 1.807) is 24.3 Å². The van der Waals surface area contributed by atoms with Crippen molar-refractivity contribution in [3.8, 4) is 5.75 Å². The highest BCUT2D eigenvalue weighted by molar-refractivity contribution is 5.94. The number of ketones is 1. The van der Waals surface area contributed by atoms with E-state index in [-0.39, 0.29) is 11.7 Å². The van der Waals surface area contributed by atoms with Gasteiger partial charge in [-0.3, -0.25) is 4.79 Å². The number of carboxylic acid groups (broad SMARTS) is 1. The highest BCUT2D eigenvalue weighted by Crippen LogP contribution is 2.37. The summed E-state index contributed by atoms with van der Waals surface area (Å²) in [5.41, 5.74) is -0.311. The maximum absolute atomic E-state index is 11.1. The summed E-state index contributed by atoms with van der Waals surface area (Å²) in [6.45, 7) is 4.23. The maximum Gasteiger partial charge on any atom is 0.338 e. The highest BCUT2D eigenvalue weighted by atomic mass is 16.6. The molecule has 1 fully saturated rings. The van der Waals surface area contributed by atoms with E-state index in [4.69, 9.17) is 14.6 Å². The van der Waals surface area contributed by atoms with Crippen molar-refractivity contribution in [3.05, 3.63) is 29.8 Å². The monoisotopic (exact) mass is 292 g/mol. The van der Waals surface area contributed by atoms with Crippen molar-refractivity contribution in [2.75, 3.05) is 13.2 Å². The number of carboxylic acids is 1. The van der Waals surface area contributed by atoms with Gasteiger partial charge in [0.1, 0.15) is 5.75 Å². The Balaban J connectivity index is 1.72. The van der Waals surface area contributed by atoms with Crippen molar-refractivity contribution in [1.29, 1.82) is 0 Å². The molecule has 0 bridgehead atoms. The molecular formula is C16H20O5. The number of hydrogen-bond acceptors (Lipinski definition) is 4. The Morgan fingerprint density at radius 2 is 2.00 bits per heavy atom. The summed E-state index contributed by atoms with van der Waals surface area (Å²) in [5, 5.41) is 9.10. The Morgan fingerprint density at radius 3 is 2.48 bits per heavy atom. The summed E-state index contributed by atoms with van der Waals surface area (Å²) in [5.74, 6) is -0.170. The van der Waals surface area contributed by atoms with Crippen LogP contribution in [-0.4, -0.2) is 35.7 Å². The molecule has 1 N–H and O–H groups in total. The second-order valence-electron chi connectivity index (χ2n) is 5.46. The Labute approximate surface area is 123 Å². The molecule has 114 valence electrons. The molecule has 2 unspecified atom stereocenters. The Morgan fingerprint density at radius 1 is 1.38 bits per heavy atom. The van der Waals surface area contributed by atoms with Crippen molar-refractivity contribution < 1.29 is 24.2 Å². The van der Waals surface area contributed by atoms with Crippen LogP contribution in [0.4, 0.5) is 0 Å². The molecule has 0 radical (unpaired) electrons. The smallest absolute Gasteiger partial charge is 0.338 e. The number of benzene rings is 1. The molecule has 5 nitrogen and oxygen atoms in total. The molecule has 1 aromatic carbocycles. The number of epoxide rings is 1. The Bertz CT molecular complexity index is 516. The minimum Gasteiger partial charge on any atom is -0.494 e. The van der Waals surface area contributed by atoms with Gasteiger partial charge in [-0.15, -0.1) is 0 Å². The van der Waals surface area contributed by atoms with Crippen molar-refractivity contribution >= 4 is 11.8 Å². The van der Waals surface area contributed by atoms with E-state index >= 15 is 0 Å². The Hall–Kier alpha value is -1.88. The largest absolute Gasteiger partial charge is 0.494 e. The molecule has 1 aliphatic heterocycles. The van der Waals surface area contributed by atoms with E-state index in [0.29, 0.717) is 24.5 Å². The van der Waals surface area contributed by atoms with Gasteiger partial charge in [-0.05, 0) is 49.9 Å². The molecule has 2 rings (SSSR count). The first-order chi connectivity index (χ1) is 9.95. The quantitative estimate of drug-likeness (QED) is 0.452. The van der Waals surface area contributed by atoms with Crippen LogP contribution in [0.5, 0.6) is 5.75 Å². The van der Waals surface area contributed by atoms with Gasteiger partial charge in [0.25, 0.3) is 0 Å². The molecule has 0 amide bonds. The van der Waals surface area contributed by atoms with Crippen LogP contribution in [0.1, 0.15) is 37.0 Å². The van der Waals surface area contributed by atoms with Crippen molar-refractivity contribution in [3.63, 3.8) is 0 Å². The van der Waals surface area contributed by atoms with Gasteiger partial charge in [0, 0.05) is 5.56 Å². The molecule has 0 saturated carbocycles. The number of hydrogen-bond donors (Lipinski definition) is 1. The van der Waals surface area contributed by atoms with Gasteiger partial charge in [-0.1, -0.05) is 6.92 Å². The number of carbonyl (C=O) groups is 2. The van der Waals surface area contributed by atoms with E-state index in [9.17, 15) is 9.59 Å². The van der Waals surface area contributed by atoms with E-state index < -0.39 is 11.6 Å². The van der Waals surface area contributed by atoms with Crippen LogP contribution in [0.2, 0.25) is 0 Å². The van der Waals surface area contributed by atoms with Crippen molar-refractivity contribution in [2.45, 2.75) is 32.3 Å². The van der Waals surface area contributed by atoms with Crippen LogP contribution in [-0.2, 0) is 9.53 Å². The molecular weight excluding hydrogens is 272 g/mol. The molecule has 1 aliphatic rings. The molecule has 0 spiro atoms. The van der Waals surface area contributed by atoms with Crippen LogP contribution in [0, 0.1) is 5.92 Å². The molecule has 1 aromatic rings. The molecule has 5 heteroatoms. The first kappa shape index (κ1) is 15.5. The van der Waals surface area contributed by atoms with Gasteiger partial charge < -0.3 is 14.6 Å².